The molecule has 0 aromatic carbocycles. The molecular weight excluding hydrogens is 178 g/mol. The van der Waals surface area contributed by atoms with Crippen LogP contribution in [0.4, 0.5) is 0 Å². The minimum Gasteiger partial charge on any atom is -0.389 e. The predicted molar refractivity (Wildman–Crippen MR) is 53.7 cm³/mol. The Kier molecular flexibility index (Phi) is 2.56. The zero-order chi connectivity index (χ0) is 10.0. The molecule has 0 bridgehead atoms. The van der Waals surface area contributed by atoms with Crippen LogP contribution < -0.4 is 5.32 Å². The lowest BCUT2D eigenvalue weighted by Gasteiger charge is -2.36. The Morgan fingerprint density at radius 3 is 2.93 bits per heavy atom. The number of aliphatic hydroxyl groups is 1. The molecule has 0 aliphatic heterocycles. The fourth-order valence-electron chi connectivity index (χ4n) is 1.74. The van der Waals surface area contributed by atoms with Gasteiger partial charge in [-0.2, -0.15) is 0 Å². The van der Waals surface area contributed by atoms with E-state index in [1.165, 1.54) is 0 Å². The van der Waals surface area contributed by atoms with Gasteiger partial charge in [-0.15, -0.1) is 0 Å². The van der Waals surface area contributed by atoms with Gasteiger partial charge in [0.05, 0.1) is 12.1 Å². The van der Waals surface area contributed by atoms with Gasteiger partial charge in [0.2, 0.25) is 0 Å². The van der Waals surface area contributed by atoms with Crippen molar-refractivity contribution < 1.29 is 5.11 Å². The summed E-state index contributed by atoms with van der Waals surface area (Å²) in [5.74, 6) is 1.01. The van der Waals surface area contributed by atoms with Crippen molar-refractivity contribution in [1.29, 1.82) is 0 Å². The Hall–Kier alpha value is -0.870. The SMILES string of the molecule is Cn1ccnc1CNCC1(O)CCC1. The molecular formula is C10H17N3O. The van der Waals surface area contributed by atoms with Crippen molar-refractivity contribution in [1.82, 2.24) is 14.9 Å². The molecule has 1 aliphatic carbocycles. The maximum Gasteiger partial charge on any atom is 0.122 e. The fraction of sp³-hybridized carbons (Fsp3) is 0.700. The second kappa shape index (κ2) is 3.71. The molecule has 1 aromatic heterocycles. The van der Waals surface area contributed by atoms with Gasteiger partial charge in [0.25, 0.3) is 0 Å². The summed E-state index contributed by atoms with van der Waals surface area (Å²) in [6.07, 6.45) is 6.73. The van der Waals surface area contributed by atoms with Crippen LogP contribution in [0, 0.1) is 0 Å². The van der Waals surface area contributed by atoms with Crippen LogP contribution in [0.5, 0.6) is 0 Å². The Bertz CT molecular complexity index is 304. The number of rotatable bonds is 4. The first kappa shape index (κ1) is 9.68. The van der Waals surface area contributed by atoms with Crippen LogP contribution >= 0.6 is 0 Å². The third kappa shape index (κ3) is 1.96. The van der Waals surface area contributed by atoms with Crippen molar-refractivity contribution in [3.05, 3.63) is 18.2 Å². The number of aromatic nitrogens is 2. The minimum absolute atomic E-state index is 0.439. The van der Waals surface area contributed by atoms with Crippen LogP contribution in [0.2, 0.25) is 0 Å². The molecule has 2 rings (SSSR count). The molecule has 1 saturated carbocycles. The van der Waals surface area contributed by atoms with E-state index < -0.39 is 5.60 Å². The highest BCUT2D eigenvalue weighted by Gasteiger charge is 2.33. The van der Waals surface area contributed by atoms with Crippen LogP contribution in [0.3, 0.4) is 0 Å². The fourth-order valence-corrected chi connectivity index (χ4v) is 1.74. The highest BCUT2D eigenvalue weighted by atomic mass is 16.3. The average Bonchev–Trinajstić information content (AvgIpc) is 2.49. The summed E-state index contributed by atoms with van der Waals surface area (Å²) in [5, 5.41) is 13.1. The summed E-state index contributed by atoms with van der Waals surface area (Å²) >= 11 is 0. The van der Waals surface area contributed by atoms with E-state index in [1.54, 1.807) is 6.20 Å². The lowest BCUT2D eigenvalue weighted by Crippen LogP contribution is -2.46. The van der Waals surface area contributed by atoms with E-state index in [0.717, 1.165) is 31.6 Å². The van der Waals surface area contributed by atoms with Crippen LogP contribution in [-0.4, -0.2) is 26.8 Å². The van der Waals surface area contributed by atoms with Gasteiger partial charge in [-0.05, 0) is 19.3 Å². The summed E-state index contributed by atoms with van der Waals surface area (Å²) in [7, 11) is 1.97. The lowest BCUT2D eigenvalue weighted by molar-refractivity contribution is -0.0316. The van der Waals surface area contributed by atoms with E-state index in [2.05, 4.69) is 10.3 Å². The smallest absolute Gasteiger partial charge is 0.122 e. The van der Waals surface area contributed by atoms with E-state index in [1.807, 2.05) is 17.8 Å². The molecule has 0 unspecified atom stereocenters. The van der Waals surface area contributed by atoms with Crippen molar-refractivity contribution in [2.75, 3.05) is 6.54 Å². The molecule has 4 nitrogen and oxygen atoms in total. The zero-order valence-corrected chi connectivity index (χ0v) is 8.53. The first-order chi connectivity index (χ1) is 6.70. The molecule has 0 saturated heterocycles. The Balaban J connectivity index is 1.75. The third-order valence-corrected chi connectivity index (χ3v) is 2.94. The summed E-state index contributed by atoms with van der Waals surface area (Å²) in [6.45, 7) is 1.41. The van der Waals surface area contributed by atoms with Crippen LogP contribution in [0.25, 0.3) is 0 Å². The molecule has 14 heavy (non-hydrogen) atoms. The van der Waals surface area contributed by atoms with Gasteiger partial charge in [0.1, 0.15) is 5.82 Å². The van der Waals surface area contributed by atoms with Crippen LogP contribution in [-0.2, 0) is 13.6 Å². The summed E-state index contributed by atoms with van der Waals surface area (Å²) in [5.41, 5.74) is -0.439. The number of aryl methyl sites for hydroxylation is 1. The number of nitrogens with one attached hydrogen (secondary N) is 1. The quantitative estimate of drug-likeness (QED) is 0.732. The third-order valence-electron chi connectivity index (χ3n) is 2.94. The van der Waals surface area contributed by atoms with Gasteiger partial charge in [-0.3, -0.25) is 0 Å². The molecule has 0 spiro atoms. The second-order valence-electron chi connectivity index (χ2n) is 4.14. The molecule has 0 radical (unpaired) electrons. The normalized spacial score (nSPS) is 19.3. The second-order valence-corrected chi connectivity index (χ2v) is 4.14. The number of imidazole rings is 1. The van der Waals surface area contributed by atoms with Gasteiger partial charge in [-0.25, -0.2) is 4.98 Å². The van der Waals surface area contributed by atoms with Gasteiger partial charge in [0, 0.05) is 26.0 Å². The zero-order valence-electron chi connectivity index (χ0n) is 8.53. The van der Waals surface area contributed by atoms with Crippen molar-refractivity contribution >= 4 is 0 Å². The molecule has 78 valence electrons. The van der Waals surface area contributed by atoms with E-state index in [0.29, 0.717) is 6.54 Å². The summed E-state index contributed by atoms with van der Waals surface area (Å²) < 4.78 is 1.98. The van der Waals surface area contributed by atoms with Crippen molar-refractivity contribution in [3.63, 3.8) is 0 Å². The molecule has 1 aliphatic rings. The molecule has 1 fully saturated rings. The molecule has 0 amide bonds. The first-order valence-electron chi connectivity index (χ1n) is 5.09. The van der Waals surface area contributed by atoms with Crippen molar-refractivity contribution in [2.24, 2.45) is 7.05 Å². The largest absolute Gasteiger partial charge is 0.389 e. The lowest BCUT2D eigenvalue weighted by atomic mass is 9.80. The van der Waals surface area contributed by atoms with Gasteiger partial charge < -0.3 is 15.0 Å². The number of hydrogen-bond donors (Lipinski definition) is 2. The highest BCUT2D eigenvalue weighted by molar-refractivity contribution is 4.93. The first-order valence-corrected chi connectivity index (χ1v) is 5.09. The van der Waals surface area contributed by atoms with E-state index in [-0.39, 0.29) is 0 Å². The monoisotopic (exact) mass is 195 g/mol. The summed E-state index contributed by atoms with van der Waals surface area (Å²) in [4.78, 5) is 4.20. The van der Waals surface area contributed by atoms with Crippen LogP contribution in [0.15, 0.2) is 12.4 Å². The molecule has 2 N–H and O–H groups in total. The Labute approximate surface area is 84.0 Å². The topological polar surface area (TPSA) is 50.1 Å². The number of nitrogens with zero attached hydrogens (tertiary/aromatic N) is 2. The average molecular weight is 195 g/mol. The molecule has 0 atom stereocenters. The Morgan fingerprint density at radius 2 is 2.43 bits per heavy atom. The van der Waals surface area contributed by atoms with E-state index in [9.17, 15) is 5.11 Å². The molecule has 4 heteroatoms. The predicted octanol–water partition coefficient (Wildman–Crippen LogP) is 0.425. The highest BCUT2D eigenvalue weighted by Crippen LogP contribution is 2.30. The Morgan fingerprint density at radius 1 is 1.64 bits per heavy atom. The van der Waals surface area contributed by atoms with Crippen molar-refractivity contribution in [3.8, 4) is 0 Å². The van der Waals surface area contributed by atoms with Crippen molar-refractivity contribution in [2.45, 2.75) is 31.4 Å². The van der Waals surface area contributed by atoms with E-state index >= 15 is 0 Å². The van der Waals surface area contributed by atoms with Crippen LogP contribution in [0.1, 0.15) is 25.1 Å². The summed E-state index contributed by atoms with van der Waals surface area (Å²) in [6, 6.07) is 0. The standard InChI is InChI=1S/C10H17N3O/c1-13-6-5-12-9(13)7-11-8-10(14)3-2-4-10/h5-6,11,14H,2-4,7-8H2,1H3. The maximum atomic E-state index is 9.82. The van der Waals surface area contributed by atoms with Gasteiger partial charge in [-0.1, -0.05) is 0 Å². The van der Waals surface area contributed by atoms with Gasteiger partial charge >= 0.3 is 0 Å². The number of hydrogen-bond acceptors (Lipinski definition) is 3. The maximum absolute atomic E-state index is 9.82. The van der Waals surface area contributed by atoms with E-state index in [4.69, 9.17) is 0 Å². The van der Waals surface area contributed by atoms with Gasteiger partial charge in [0.15, 0.2) is 0 Å². The molecule has 1 aromatic rings. The minimum atomic E-state index is -0.439. The molecule has 1 heterocycles.